The second-order valence-corrected chi connectivity index (χ2v) is 8.20. The number of benzene rings is 1. The highest BCUT2D eigenvalue weighted by molar-refractivity contribution is 6.68. The van der Waals surface area contributed by atoms with Crippen molar-refractivity contribution in [3.05, 3.63) is 39.9 Å². The summed E-state index contributed by atoms with van der Waals surface area (Å²) in [4.78, 5) is 22.4. The van der Waals surface area contributed by atoms with Crippen LogP contribution in [0.3, 0.4) is 0 Å². The molecule has 0 saturated carbocycles. The van der Waals surface area contributed by atoms with Gasteiger partial charge in [-0.3, -0.25) is 20.2 Å². The smallest absolute Gasteiger partial charge is 0.270 e. The Kier molecular flexibility index (Phi) is 6.03. The molecule has 0 aliphatic carbocycles. The number of carbonyl (C=O) groups is 1. The maximum atomic E-state index is 12.2. The number of hydrogen-bond donors (Lipinski definition) is 2. The minimum absolute atomic E-state index is 0.121. The molecule has 0 saturated heterocycles. The average Bonchev–Trinajstić information content (AvgIpc) is 2.35. The Morgan fingerprint density at radius 3 is 2.36 bits per heavy atom. The summed E-state index contributed by atoms with van der Waals surface area (Å²) in [5, 5.41) is 15.0. The molecular formula is C13H17Cl3N3O3+. The summed E-state index contributed by atoms with van der Waals surface area (Å²) in [7, 11) is 0. The van der Waals surface area contributed by atoms with Gasteiger partial charge in [-0.2, -0.15) is 0 Å². The summed E-state index contributed by atoms with van der Waals surface area (Å²) in [6, 6.07) is 5.34. The van der Waals surface area contributed by atoms with E-state index in [0.29, 0.717) is 0 Å². The van der Waals surface area contributed by atoms with Crippen LogP contribution in [0.2, 0.25) is 0 Å². The van der Waals surface area contributed by atoms with Gasteiger partial charge in [0.15, 0.2) is 0 Å². The number of quaternary nitrogens is 1. The Morgan fingerprint density at radius 1 is 1.32 bits per heavy atom. The van der Waals surface area contributed by atoms with E-state index in [0.717, 1.165) is 0 Å². The van der Waals surface area contributed by atoms with E-state index in [1.54, 1.807) is 5.32 Å². The van der Waals surface area contributed by atoms with E-state index in [2.05, 4.69) is 5.32 Å². The minimum Gasteiger partial charge on any atom is -0.319 e. The predicted octanol–water partition coefficient (Wildman–Crippen LogP) is 2.38. The van der Waals surface area contributed by atoms with Crippen LogP contribution in [0.15, 0.2) is 24.3 Å². The predicted molar refractivity (Wildman–Crippen MR) is 86.3 cm³/mol. The molecule has 0 fully saturated rings. The summed E-state index contributed by atoms with van der Waals surface area (Å²) in [6.07, 6.45) is -0.843. The second kappa shape index (κ2) is 7.00. The maximum Gasteiger partial charge on any atom is 0.270 e. The first-order valence-electron chi connectivity index (χ1n) is 6.38. The molecule has 0 heterocycles. The molecule has 1 rings (SSSR count). The van der Waals surface area contributed by atoms with Gasteiger partial charge in [-0.1, -0.05) is 40.9 Å². The monoisotopic (exact) mass is 368 g/mol. The fraction of sp³-hybridized carbons (Fsp3) is 0.462. The fourth-order valence-corrected chi connectivity index (χ4v) is 2.06. The zero-order chi connectivity index (χ0) is 17.1. The molecule has 6 nitrogen and oxygen atoms in total. The fourth-order valence-electron chi connectivity index (χ4n) is 1.70. The normalized spacial score (nSPS) is 13.5. The number of nitro groups is 1. The summed E-state index contributed by atoms with van der Waals surface area (Å²) >= 11 is 17.7. The van der Waals surface area contributed by atoms with Gasteiger partial charge >= 0.3 is 0 Å². The average molecular weight is 370 g/mol. The molecular weight excluding hydrogens is 353 g/mol. The van der Waals surface area contributed by atoms with Crippen LogP contribution in [0.5, 0.6) is 0 Å². The third kappa shape index (κ3) is 5.96. The quantitative estimate of drug-likeness (QED) is 0.369. The summed E-state index contributed by atoms with van der Waals surface area (Å²) < 4.78 is -1.73. The molecule has 9 heteroatoms. The third-order valence-electron chi connectivity index (χ3n) is 2.63. The summed E-state index contributed by atoms with van der Waals surface area (Å²) in [5.74, 6) is -0.555. The van der Waals surface area contributed by atoms with Gasteiger partial charge in [0, 0.05) is 17.7 Å². The van der Waals surface area contributed by atoms with Crippen LogP contribution >= 0.6 is 34.8 Å². The number of non-ortho nitro benzene ring substituents is 1. The molecule has 0 aromatic heterocycles. The van der Waals surface area contributed by atoms with E-state index in [-0.39, 0.29) is 16.8 Å². The molecule has 0 bridgehead atoms. The molecule has 1 atom stereocenters. The largest absolute Gasteiger partial charge is 0.319 e. The van der Waals surface area contributed by atoms with Crippen molar-refractivity contribution >= 4 is 46.4 Å². The highest BCUT2D eigenvalue weighted by Crippen LogP contribution is 2.28. The molecule has 1 aromatic carbocycles. The van der Waals surface area contributed by atoms with Crippen LogP contribution < -0.4 is 10.6 Å². The van der Waals surface area contributed by atoms with Crippen molar-refractivity contribution in [3.63, 3.8) is 0 Å². The molecule has 22 heavy (non-hydrogen) atoms. The topological polar surface area (TPSA) is 88.8 Å². The minimum atomic E-state index is -1.73. The Balaban J connectivity index is 2.96. The number of nitrogens with one attached hydrogen (secondary N) is 1. The lowest BCUT2D eigenvalue weighted by atomic mass is 10.1. The number of nitro benzene ring substituents is 1. The molecule has 0 aliphatic heterocycles. The number of alkyl halides is 3. The van der Waals surface area contributed by atoms with Crippen molar-refractivity contribution in [1.29, 1.82) is 0 Å². The maximum absolute atomic E-state index is 12.2. The zero-order valence-corrected chi connectivity index (χ0v) is 14.5. The van der Waals surface area contributed by atoms with Crippen molar-refractivity contribution in [2.75, 3.05) is 0 Å². The van der Waals surface area contributed by atoms with E-state index in [9.17, 15) is 14.9 Å². The van der Waals surface area contributed by atoms with Crippen LogP contribution in [-0.2, 0) is 0 Å². The number of amides is 1. The number of carbonyl (C=O) groups excluding carboxylic acids is 1. The number of halogens is 3. The summed E-state index contributed by atoms with van der Waals surface area (Å²) in [6.45, 7) is 5.70. The van der Waals surface area contributed by atoms with Gasteiger partial charge in [0.25, 0.3) is 15.4 Å². The zero-order valence-electron chi connectivity index (χ0n) is 12.3. The molecule has 0 radical (unpaired) electrons. The second-order valence-electron chi connectivity index (χ2n) is 5.83. The molecule has 1 amide bonds. The number of hydrogen-bond acceptors (Lipinski definition) is 3. The van der Waals surface area contributed by atoms with E-state index < -0.39 is 20.8 Å². The van der Waals surface area contributed by atoms with Gasteiger partial charge in [0.2, 0.25) is 6.17 Å². The van der Waals surface area contributed by atoms with E-state index in [4.69, 9.17) is 34.8 Å². The number of rotatable bonds is 4. The highest BCUT2D eigenvalue weighted by Gasteiger charge is 2.40. The van der Waals surface area contributed by atoms with Crippen molar-refractivity contribution in [2.24, 2.45) is 0 Å². The van der Waals surface area contributed by atoms with Crippen molar-refractivity contribution < 1.29 is 15.0 Å². The van der Waals surface area contributed by atoms with Gasteiger partial charge < -0.3 is 5.32 Å². The standard InChI is InChI=1S/C13H16Cl3N3O3/c1-12(2,3)18-11(13(14,15)16)17-10(20)8-5-4-6-9(7-8)19(21)22/h4-7,11,18H,1-3H3,(H,17,20)/p+1/t11-/m1/s1. The van der Waals surface area contributed by atoms with Crippen LogP contribution in [0.25, 0.3) is 0 Å². The number of nitrogens with zero attached hydrogens (tertiary/aromatic N) is 1. The van der Waals surface area contributed by atoms with E-state index in [1.165, 1.54) is 24.3 Å². The van der Waals surface area contributed by atoms with Crippen LogP contribution in [0.1, 0.15) is 31.1 Å². The van der Waals surface area contributed by atoms with Gasteiger partial charge in [0.05, 0.1) is 10.5 Å². The Hall–Kier alpha value is -1.08. The molecule has 0 spiro atoms. The SMILES string of the molecule is CC(C)(C)[NH2+][C@@H](NC(=O)c1cccc([N+](=O)[O-])c1)C(Cl)(Cl)Cl. The van der Waals surface area contributed by atoms with Crippen molar-refractivity contribution in [2.45, 2.75) is 36.3 Å². The van der Waals surface area contributed by atoms with Crippen molar-refractivity contribution in [1.82, 2.24) is 5.32 Å². The van der Waals surface area contributed by atoms with Crippen LogP contribution in [-0.4, -0.2) is 26.3 Å². The molecule has 122 valence electrons. The van der Waals surface area contributed by atoms with Gasteiger partial charge in [-0.05, 0) is 26.8 Å². The lowest BCUT2D eigenvalue weighted by molar-refractivity contribution is -0.749. The molecule has 0 unspecified atom stereocenters. The molecule has 3 N–H and O–H groups in total. The third-order valence-corrected chi connectivity index (χ3v) is 3.33. The summed E-state index contributed by atoms with van der Waals surface area (Å²) in [5.41, 5.74) is -0.362. The Labute approximate surface area is 143 Å². The van der Waals surface area contributed by atoms with Crippen LogP contribution in [0, 0.1) is 10.1 Å². The van der Waals surface area contributed by atoms with Crippen LogP contribution in [0.4, 0.5) is 5.69 Å². The van der Waals surface area contributed by atoms with Gasteiger partial charge in [-0.25, -0.2) is 0 Å². The molecule has 1 aromatic rings. The Morgan fingerprint density at radius 2 is 1.91 bits per heavy atom. The van der Waals surface area contributed by atoms with E-state index >= 15 is 0 Å². The first kappa shape index (κ1) is 19.0. The lowest BCUT2D eigenvalue weighted by Crippen LogP contribution is -3.03. The van der Waals surface area contributed by atoms with Crippen molar-refractivity contribution in [3.8, 4) is 0 Å². The van der Waals surface area contributed by atoms with E-state index in [1.807, 2.05) is 20.8 Å². The highest BCUT2D eigenvalue weighted by atomic mass is 35.6. The van der Waals surface area contributed by atoms with Gasteiger partial charge in [-0.15, -0.1) is 0 Å². The first-order valence-corrected chi connectivity index (χ1v) is 7.51. The lowest BCUT2D eigenvalue weighted by Gasteiger charge is -2.29. The Bertz CT molecular complexity index is 568. The van der Waals surface area contributed by atoms with Gasteiger partial charge in [0.1, 0.15) is 0 Å². The first-order chi connectivity index (χ1) is 9.90. The number of nitrogens with two attached hydrogens (primary N) is 1. The molecule has 0 aliphatic rings.